The van der Waals surface area contributed by atoms with Gasteiger partial charge in [-0.1, -0.05) is 18.2 Å². The number of nitrogens with zero attached hydrogens (tertiary/aromatic N) is 2. The van der Waals surface area contributed by atoms with E-state index in [2.05, 4.69) is 39.2 Å². The molecule has 0 fully saturated rings. The first kappa shape index (κ1) is 13.8. The van der Waals surface area contributed by atoms with E-state index >= 15 is 0 Å². The van der Waals surface area contributed by atoms with Crippen LogP contribution in [0.25, 0.3) is 0 Å². The predicted octanol–water partition coefficient (Wildman–Crippen LogP) is 2.76. The van der Waals surface area contributed by atoms with E-state index in [0.29, 0.717) is 6.61 Å². The van der Waals surface area contributed by atoms with Gasteiger partial charge in [-0.3, -0.25) is 4.68 Å². The third kappa shape index (κ3) is 2.41. The summed E-state index contributed by atoms with van der Waals surface area (Å²) in [6.45, 7) is 3.41. The minimum Gasteiger partial charge on any atom is -0.372 e. The van der Waals surface area contributed by atoms with Gasteiger partial charge in [0.15, 0.2) is 0 Å². The standard InChI is InChI=1S/C15H18BrN3O/c1-9-15(16)14(19(2)18-9)6-13(17)10-3-4-11-7-20-8-12(11)5-10/h3-5,13H,6-8,17H2,1-2H3. The van der Waals surface area contributed by atoms with Gasteiger partial charge in [0, 0.05) is 19.5 Å². The van der Waals surface area contributed by atoms with Gasteiger partial charge in [-0.05, 0) is 39.5 Å². The molecule has 0 spiro atoms. The van der Waals surface area contributed by atoms with Gasteiger partial charge in [0.1, 0.15) is 0 Å². The number of nitrogens with two attached hydrogens (primary N) is 1. The lowest BCUT2D eigenvalue weighted by Crippen LogP contribution is -2.16. The second-order valence-electron chi connectivity index (χ2n) is 5.30. The van der Waals surface area contributed by atoms with Crippen molar-refractivity contribution in [3.8, 4) is 0 Å². The number of hydrogen-bond acceptors (Lipinski definition) is 3. The van der Waals surface area contributed by atoms with Crippen molar-refractivity contribution >= 4 is 15.9 Å². The Morgan fingerprint density at radius 3 is 2.85 bits per heavy atom. The van der Waals surface area contributed by atoms with Gasteiger partial charge >= 0.3 is 0 Å². The average Bonchev–Trinajstić information content (AvgIpc) is 2.98. The summed E-state index contributed by atoms with van der Waals surface area (Å²) in [5.41, 5.74) is 12.2. The fourth-order valence-electron chi connectivity index (χ4n) is 2.65. The third-order valence-electron chi connectivity index (χ3n) is 3.85. The topological polar surface area (TPSA) is 53.1 Å². The second-order valence-corrected chi connectivity index (χ2v) is 6.09. The number of aryl methyl sites for hydroxylation is 2. The molecule has 1 aliphatic rings. The van der Waals surface area contributed by atoms with Crippen molar-refractivity contribution in [3.63, 3.8) is 0 Å². The van der Waals surface area contributed by atoms with Crippen molar-refractivity contribution in [2.45, 2.75) is 32.6 Å². The van der Waals surface area contributed by atoms with Crippen LogP contribution in [0.15, 0.2) is 22.7 Å². The zero-order valence-corrected chi connectivity index (χ0v) is 13.3. The molecule has 0 bridgehead atoms. The number of aromatic nitrogens is 2. The van der Waals surface area contributed by atoms with Crippen LogP contribution in [0.2, 0.25) is 0 Å². The van der Waals surface area contributed by atoms with Crippen molar-refractivity contribution in [2.75, 3.05) is 0 Å². The van der Waals surface area contributed by atoms with E-state index in [4.69, 9.17) is 10.5 Å². The maximum atomic E-state index is 6.37. The van der Waals surface area contributed by atoms with Crippen LogP contribution < -0.4 is 5.73 Å². The molecule has 2 heterocycles. The monoisotopic (exact) mass is 335 g/mol. The molecule has 0 saturated heterocycles. The molecule has 1 aromatic heterocycles. The second kappa shape index (κ2) is 5.31. The van der Waals surface area contributed by atoms with Gasteiger partial charge in [0.25, 0.3) is 0 Å². The minimum absolute atomic E-state index is 0.0352. The Labute approximate surface area is 127 Å². The number of halogens is 1. The lowest BCUT2D eigenvalue weighted by molar-refractivity contribution is 0.134. The van der Waals surface area contributed by atoms with E-state index in [1.807, 2.05) is 18.7 Å². The molecule has 1 atom stereocenters. The summed E-state index contributed by atoms with van der Waals surface area (Å²) in [4.78, 5) is 0. The average molecular weight is 336 g/mol. The number of ether oxygens (including phenoxy) is 1. The lowest BCUT2D eigenvalue weighted by Gasteiger charge is -2.14. The Hall–Kier alpha value is -1.17. The van der Waals surface area contributed by atoms with Crippen LogP contribution in [0.5, 0.6) is 0 Å². The van der Waals surface area contributed by atoms with Gasteiger partial charge in [0.2, 0.25) is 0 Å². The van der Waals surface area contributed by atoms with Gasteiger partial charge in [-0.25, -0.2) is 0 Å². The highest BCUT2D eigenvalue weighted by atomic mass is 79.9. The third-order valence-corrected chi connectivity index (χ3v) is 4.88. The summed E-state index contributed by atoms with van der Waals surface area (Å²) < 4.78 is 8.40. The van der Waals surface area contributed by atoms with Crippen LogP contribution >= 0.6 is 15.9 Å². The smallest absolute Gasteiger partial charge is 0.0738 e. The molecule has 1 aromatic carbocycles. The summed E-state index contributed by atoms with van der Waals surface area (Å²) in [7, 11) is 1.95. The van der Waals surface area contributed by atoms with Crippen molar-refractivity contribution < 1.29 is 4.74 Å². The van der Waals surface area contributed by atoms with Crippen molar-refractivity contribution in [3.05, 3.63) is 50.8 Å². The first-order valence-corrected chi connectivity index (χ1v) is 7.48. The molecule has 0 aliphatic carbocycles. The van der Waals surface area contributed by atoms with Crippen LogP contribution in [-0.4, -0.2) is 9.78 Å². The molecule has 4 nitrogen and oxygen atoms in total. The Kier molecular flexibility index (Phi) is 3.67. The minimum atomic E-state index is -0.0352. The Balaban J connectivity index is 1.84. The van der Waals surface area contributed by atoms with E-state index in [1.54, 1.807) is 0 Å². The van der Waals surface area contributed by atoms with Crippen LogP contribution in [-0.2, 0) is 31.4 Å². The molecule has 2 aromatic rings. The summed E-state index contributed by atoms with van der Waals surface area (Å²) in [6.07, 6.45) is 0.761. The van der Waals surface area contributed by atoms with E-state index < -0.39 is 0 Å². The van der Waals surface area contributed by atoms with E-state index in [0.717, 1.165) is 34.5 Å². The quantitative estimate of drug-likeness (QED) is 0.938. The molecular weight excluding hydrogens is 318 g/mol. The van der Waals surface area contributed by atoms with E-state index in [9.17, 15) is 0 Å². The molecule has 3 rings (SSSR count). The van der Waals surface area contributed by atoms with Crippen molar-refractivity contribution in [1.82, 2.24) is 9.78 Å². The molecule has 1 unspecified atom stereocenters. The normalized spacial score (nSPS) is 15.4. The molecule has 0 radical (unpaired) electrons. The zero-order chi connectivity index (χ0) is 14.3. The molecule has 2 N–H and O–H groups in total. The molecule has 0 amide bonds. The number of fused-ring (bicyclic) bond motifs is 1. The largest absolute Gasteiger partial charge is 0.372 e. The van der Waals surface area contributed by atoms with Crippen LogP contribution in [0.3, 0.4) is 0 Å². The number of hydrogen-bond donors (Lipinski definition) is 1. The Bertz CT molecular complexity index is 651. The summed E-state index contributed by atoms with van der Waals surface area (Å²) >= 11 is 3.59. The van der Waals surface area contributed by atoms with Crippen molar-refractivity contribution in [1.29, 1.82) is 0 Å². The van der Waals surface area contributed by atoms with E-state index in [-0.39, 0.29) is 6.04 Å². The highest BCUT2D eigenvalue weighted by Crippen LogP contribution is 2.27. The molecule has 106 valence electrons. The lowest BCUT2D eigenvalue weighted by atomic mass is 9.98. The van der Waals surface area contributed by atoms with Gasteiger partial charge in [-0.15, -0.1) is 0 Å². The maximum absolute atomic E-state index is 6.37. The first-order valence-electron chi connectivity index (χ1n) is 6.69. The van der Waals surface area contributed by atoms with E-state index in [1.165, 1.54) is 11.1 Å². The van der Waals surface area contributed by atoms with Crippen LogP contribution in [0.4, 0.5) is 0 Å². The SMILES string of the molecule is Cc1nn(C)c(CC(N)c2ccc3c(c2)COC3)c1Br. The summed E-state index contributed by atoms with van der Waals surface area (Å²) in [5.74, 6) is 0. The van der Waals surface area contributed by atoms with Gasteiger partial charge in [0.05, 0.1) is 29.1 Å². The maximum Gasteiger partial charge on any atom is 0.0738 e. The fourth-order valence-corrected chi connectivity index (χ4v) is 3.15. The van der Waals surface area contributed by atoms with Crippen molar-refractivity contribution in [2.24, 2.45) is 12.8 Å². The summed E-state index contributed by atoms with van der Waals surface area (Å²) in [5, 5.41) is 4.41. The molecule has 5 heteroatoms. The highest BCUT2D eigenvalue weighted by Gasteiger charge is 2.18. The molecule has 1 aliphatic heterocycles. The molecule has 0 saturated carbocycles. The highest BCUT2D eigenvalue weighted by molar-refractivity contribution is 9.10. The Morgan fingerprint density at radius 2 is 2.15 bits per heavy atom. The van der Waals surface area contributed by atoms with Crippen LogP contribution in [0, 0.1) is 6.92 Å². The first-order chi connectivity index (χ1) is 9.56. The zero-order valence-electron chi connectivity index (χ0n) is 11.7. The number of rotatable bonds is 3. The van der Waals surface area contributed by atoms with Gasteiger partial charge in [-0.2, -0.15) is 5.10 Å². The summed E-state index contributed by atoms with van der Waals surface area (Å²) in [6, 6.07) is 6.37. The predicted molar refractivity (Wildman–Crippen MR) is 81.2 cm³/mol. The fraction of sp³-hybridized carbons (Fsp3) is 0.400. The van der Waals surface area contributed by atoms with Gasteiger partial charge < -0.3 is 10.5 Å². The molecular formula is C15H18BrN3O. The van der Waals surface area contributed by atoms with Crippen LogP contribution in [0.1, 0.15) is 34.1 Å². The number of benzene rings is 1. The molecule has 20 heavy (non-hydrogen) atoms. The Morgan fingerprint density at radius 1 is 1.40 bits per heavy atom.